The molecule has 0 aromatic heterocycles. The molecule has 7 heteroatoms. The van der Waals surface area contributed by atoms with Gasteiger partial charge in [-0.25, -0.2) is 8.78 Å². The molecule has 0 aliphatic rings. The molecule has 4 nitrogen and oxygen atoms in total. The Morgan fingerprint density at radius 3 is 1.62 bits per heavy atom. The molecule has 0 saturated carbocycles. The molecule has 2 N–H and O–H groups in total. The third-order valence-electron chi connectivity index (χ3n) is 3.91. The first-order chi connectivity index (χ1) is 13.9. The minimum absolute atomic E-state index is 0.0850. The van der Waals surface area contributed by atoms with Crippen LogP contribution < -0.4 is 10.6 Å². The van der Waals surface area contributed by atoms with E-state index < -0.39 is 23.4 Å². The zero-order valence-corrected chi connectivity index (χ0v) is 15.7. The number of hydrogen-bond donors (Lipinski definition) is 2. The number of nitrogens with one attached hydrogen (secondary N) is 2. The highest BCUT2D eigenvalue weighted by atomic mass is 35.5. The van der Waals surface area contributed by atoms with E-state index in [9.17, 15) is 18.4 Å². The van der Waals surface area contributed by atoms with Gasteiger partial charge in [-0.2, -0.15) is 0 Å². The van der Waals surface area contributed by atoms with E-state index in [-0.39, 0.29) is 16.9 Å². The third-order valence-corrected chi connectivity index (χ3v) is 4.17. The molecule has 0 unspecified atom stereocenters. The minimum atomic E-state index is -0.848. The van der Waals surface area contributed by atoms with Crippen LogP contribution in [0.5, 0.6) is 0 Å². The molecular formula is C22H15ClF2N2O2. The first-order valence-electron chi connectivity index (χ1n) is 8.53. The molecule has 0 bridgehead atoms. The highest BCUT2D eigenvalue weighted by Gasteiger charge is 2.21. The van der Waals surface area contributed by atoms with Gasteiger partial charge in [0.2, 0.25) is 0 Å². The summed E-state index contributed by atoms with van der Waals surface area (Å²) in [5, 5.41) is 5.20. The lowest BCUT2D eigenvalue weighted by molar-refractivity contribution is -0.118. The summed E-state index contributed by atoms with van der Waals surface area (Å²) in [5.41, 5.74) is 0.00647. The van der Waals surface area contributed by atoms with Crippen molar-refractivity contribution in [3.8, 4) is 0 Å². The number of carbonyl (C=O) groups excluding carboxylic acids is 2. The predicted molar refractivity (Wildman–Crippen MR) is 109 cm³/mol. The van der Waals surface area contributed by atoms with Crippen LogP contribution in [0, 0.1) is 11.6 Å². The van der Waals surface area contributed by atoms with E-state index in [1.165, 1.54) is 42.5 Å². The minimum Gasteiger partial charge on any atom is -0.319 e. The first kappa shape index (κ1) is 20.2. The molecular weight excluding hydrogens is 398 g/mol. The van der Waals surface area contributed by atoms with Crippen molar-refractivity contribution in [3.05, 3.63) is 101 Å². The lowest BCUT2D eigenvalue weighted by Gasteiger charge is -2.11. The van der Waals surface area contributed by atoms with E-state index in [1.807, 2.05) is 0 Å². The average Bonchev–Trinajstić information content (AvgIpc) is 2.71. The summed E-state index contributed by atoms with van der Waals surface area (Å²) in [5.74, 6) is -3.00. The van der Waals surface area contributed by atoms with Gasteiger partial charge in [-0.3, -0.25) is 9.59 Å². The Labute approximate surface area is 170 Å². The highest BCUT2D eigenvalue weighted by Crippen LogP contribution is 2.19. The van der Waals surface area contributed by atoms with Gasteiger partial charge in [-0.1, -0.05) is 48.0 Å². The summed E-state index contributed by atoms with van der Waals surface area (Å²) in [7, 11) is 0. The lowest BCUT2D eigenvalue weighted by Crippen LogP contribution is -2.26. The van der Waals surface area contributed by atoms with Crippen LogP contribution in [0.4, 0.5) is 20.2 Å². The highest BCUT2D eigenvalue weighted by molar-refractivity contribution is 6.31. The number of para-hydroxylation sites is 2. The van der Waals surface area contributed by atoms with Gasteiger partial charge in [0.05, 0.1) is 11.4 Å². The van der Waals surface area contributed by atoms with Crippen molar-refractivity contribution >= 4 is 40.9 Å². The van der Waals surface area contributed by atoms with Gasteiger partial charge >= 0.3 is 0 Å². The smallest absolute Gasteiger partial charge is 0.261 e. The maximum absolute atomic E-state index is 13.9. The van der Waals surface area contributed by atoms with E-state index in [4.69, 9.17) is 11.6 Å². The Morgan fingerprint density at radius 1 is 0.724 bits per heavy atom. The summed E-state index contributed by atoms with van der Waals surface area (Å²) in [6.45, 7) is 0. The van der Waals surface area contributed by atoms with E-state index >= 15 is 0 Å². The van der Waals surface area contributed by atoms with Crippen LogP contribution in [0.2, 0.25) is 5.02 Å². The van der Waals surface area contributed by atoms with Crippen LogP contribution in [0.25, 0.3) is 6.08 Å². The van der Waals surface area contributed by atoms with Crippen molar-refractivity contribution in [2.24, 2.45) is 0 Å². The normalized spacial score (nSPS) is 10.2. The van der Waals surface area contributed by atoms with Crippen LogP contribution >= 0.6 is 11.6 Å². The molecule has 0 spiro atoms. The molecule has 0 saturated heterocycles. The fraction of sp³-hybridized carbons (Fsp3) is 0. The van der Waals surface area contributed by atoms with Crippen LogP contribution in [0.15, 0.2) is 78.4 Å². The number of amides is 2. The summed E-state index contributed by atoms with van der Waals surface area (Å²) in [4.78, 5) is 25.5. The van der Waals surface area contributed by atoms with Crippen molar-refractivity contribution in [1.29, 1.82) is 0 Å². The maximum Gasteiger partial charge on any atom is 0.261 e. The monoisotopic (exact) mass is 412 g/mol. The van der Waals surface area contributed by atoms with Crippen molar-refractivity contribution < 1.29 is 18.4 Å². The number of halogens is 3. The molecule has 0 fully saturated rings. The molecule has 0 aliphatic carbocycles. The largest absolute Gasteiger partial charge is 0.319 e. The molecule has 0 radical (unpaired) electrons. The molecule has 0 heterocycles. The number of hydrogen-bond acceptors (Lipinski definition) is 2. The van der Waals surface area contributed by atoms with E-state index in [0.717, 1.165) is 0 Å². The Morgan fingerprint density at radius 2 is 1.17 bits per heavy atom. The van der Waals surface area contributed by atoms with Gasteiger partial charge in [0.25, 0.3) is 11.8 Å². The standard InChI is InChI=1S/C22H15ClF2N2O2/c23-15-11-9-14(10-12-15)13-16(21(28)26-19-7-3-1-5-17(19)24)22(29)27-20-8-4-2-6-18(20)25/h1-13H,(H,26,28)(H,27,29). The van der Waals surface area contributed by atoms with Gasteiger partial charge < -0.3 is 10.6 Å². The summed E-state index contributed by atoms with van der Waals surface area (Å²) in [6, 6.07) is 17.5. The Kier molecular flexibility index (Phi) is 6.36. The van der Waals surface area contributed by atoms with E-state index in [1.54, 1.807) is 36.4 Å². The van der Waals surface area contributed by atoms with Crippen LogP contribution in [0.3, 0.4) is 0 Å². The molecule has 0 atom stereocenters. The second-order valence-corrected chi connectivity index (χ2v) is 6.41. The summed E-state index contributed by atoms with van der Waals surface area (Å²) in [6.07, 6.45) is 1.31. The van der Waals surface area contributed by atoms with Crippen molar-refractivity contribution in [2.75, 3.05) is 10.6 Å². The zero-order valence-electron chi connectivity index (χ0n) is 15.0. The lowest BCUT2D eigenvalue weighted by atomic mass is 10.1. The fourth-order valence-corrected chi connectivity index (χ4v) is 2.59. The Hall–Kier alpha value is -3.51. The van der Waals surface area contributed by atoms with Gasteiger partial charge in [0.15, 0.2) is 0 Å². The Balaban J connectivity index is 1.93. The second kappa shape index (κ2) is 9.12. The molecule has 3 aromatic rings. The second-order valence-electron chi connectivity index (χ2n) is 5.98. The molecule has 0 aliphatic heterocycles. The number of carbonyl (C=O) groups is 2. The van der Waals surface area contributed by atoms with Gasteiger partial charge in [-0.05, 0) is 48.0 Å². The quantitative estimate of drug-likeness (QED) is 0.340. The van der Waals surface area contributed by atoms with E-state index in [0.29, 0.717) is 10.6 Å². The number of benzene rings is 3. The van der Waals surface area contributed by atoms with E-state index in [2.05, 4.69) is 10.6 Å². The molecule has 146 valence electrons. The molecule has 29 heavy (non-hydrogen) atoms. The topological polar surface area (TPSA) is 58.2 Å². The SMILES string of the molecule is O=C(Nc1ccccc1F)C(=Cc1ccc(Cl)cc1)C(=O)Nc1ccccc1F. The summed E-state index contributed by atoms with van der Waals surface area (Å²) < 4.78 is 27.8. The zero-order chi connectivity index (χ0) is 20.8. The number of anilines is 2. The number of rotatable bonds is 5. The van der Waals surface area contributed by atoms with Crippen LogP contribution in [-0.4, -0.2) is 11.8 Å². The average molecular weight is 413 g/mol. The fourth-order valence-electron chi connectivity index (χ4n) is 2.46. The van der Waals surface area contributed by atoms with Crippen molar-refractivity contribution in [1.82, 2.24) is 0 Å². The van der Waals surface area contributed by atoms with Crippen LogP contribution in [-0.2, 0) is 9.59 Å². The molecule has 3 aromatic carbocycles. The first-order valence-corrected chi connectivity index (χ1v) is 8.91. The predicted octanol–water partition coefficient (Wildman–Crippen LogP) is 5.28. The third kappa shape index (κ3) is 5.27. The molecule has 3 rings (SSSR count). The van der Waals surface area contributed by atoms with Crippen molar-refractivity contribution in [3.63, 3.8) is 0 Å². The van der Waals surface area contributed by atoms with Gasteiger partial charge in [-0.15, -0.1) is 0 Å². The molecule has 2 amide bonds. The van der Waals surface area contributed by atoms with Gasteiger partial charge in [0, 0.05) is 5.02 Å². The van der Waals surface area contributed by atoms with Crippen molar-refractivity contribution in [2.45, 2.75) is 0 Å². The van der Waals surface area contributed by atoms with Gasteiger partial charge in [0.1, 0.15) is 17.2 Å². The maximum atomic E-state index is 13.9. The summed E-state index contributed by atoms with van der Waals surface area (Å²) >= 11 is 5.86. The Bertz CT molecular complexity index is 1020. The van der Waals surface area contributed by atoms with Crippen LogP contribution in [0.1, 0.15) is 5.56 Å².